The molecule has 0 spiro atoms. The number of benzene rings is 1. The van der Waals surface area contributed by atoms with Crippen molar-refractivity contribution in [3.63, 3.8) is 0 Å². The van der Waals surface area contributed by atoms with Crippen LogP contribution in [0.15, 0.2) is 23.1 Å². The molecule has 0 heterocycles. The first kappa shape index (κ1) is 18.3. The molecule has 0 saturated heterocycles. The summed E-state index contributed by atoms with van der Waals surface area (Å²) in [6.07, 6.45) is 0.729. The number of aryl methyl sites for hydroxylation is 1. The smallest absolute Gasteiger partial charge is 0.240 e. The number of hydrogen-bond donors (Lipinski definition) is 1. The van der Waals surface area contributed by atoms with E-state index in [0.717, 1.165) is 23.5 Å². The highest BCUT2D eigenvalue weighted by molar-refractivity contribution is 8.00. The van der Waals surface area contributed by atoms with Gasteiger partial charge in [-0.05, 0) is 30.2 Å². The lowest BCUT2D eigenvalue weighted by atomic mass is 10.1. The van der Waals surface area contributed by atoms with Crippen LogP contribution < -0.4 is 9.46 Å². The average molecular weight is 332 g/mol. The number of sulfonamides is 1. The summed E-state index contributed by atoms with van der Waals surface area (Å²) < 4.78 is 32.5. The lowest BCUT2D eigenvalue weighted by Crippen LogP contribution is -2.27. The number of ether oxygens (including phenoxy) is 1. The molecule has 1 N–H and O–H groups in total. The SMILES string of the molecule is CCc1cc(S(=O)(=O)NCCSC(C)(C)C)ccc1OC. The number of thioether (sulfide) groups is 1. The molecule has 0 amide bonds. The third-order valence-corrected chi connectivity index (χ3v) is 5.61. The fourth-order valence-electron chi connectivity index (χ4n) is 1.81. The Morgan fingerprint density at radius 3 is 2.48 bits per heavy atom. The van der Waals surface area contributed by atoms with E-state index in [1.54, 1.807) is 37.1 Å². The standard InChI is InChI=1S/C15H25NO3S2/c1-6-12-11-13(7-8-14(12)19-5)21(17,18)16-9-10-20-15(2,3)4/h7-8,11,16H,6,9-10H2,1-5H3. The van der Waals surface area contributed by atoms with Gasteiger partial charge in [-0.2, -0.15) is 11.8 Å². The van der Waals surface area contributed by atoms with E-state index in [-0.39, 0.29) is 4.75 Å². The first-order chi connectivity index (χ1) is 9.69. The fraction of sp³-hybridized carbons (Fsp3) is 0.600. The molecule has 4 nitrogen and oxygen atoms in total. The lowest BCUT2D eigenvalue weighted by molar-refractivity contribution is 0.409. The summed E-state index contributed by atoms with van der Waals surface area (Å²) in [4.78, 5) is 0.293. The molecule has 6 heteroatoms. The molecule has 0 radical (unpaired) electrons. The van der Waals surface area contributed by atoms with Gasteiger partial charge < -0.3 is 4.74 Å². The van der Waals surface area contributed by atoms with Gasteiger partial charge in [0, 0.05) is 17.0 Å². The molecule has 0 aliphatic carbocycles. The second kappa shape index (κ2) is 7.51. The van der Waals surface area contributed by atoms with Gasteiger partial charge in [-0.3, -0.25) is 0 Å². The molecule has 0 unspecified atom stereocenters. The van der Waals surface area contributed by atoms with Gasteiger partial charge in [0.25, 0.3) is 0 Å². The van der Waals surface area contributed by atoms with Crippen molar-refractivity contribution in [3.8, 4) is 5.75 Å². The van der Waals surface area contributed by atoms with Crippen LogP contribution in [0, 0.1) is 0 Å². The van der Waals surface area contributed by atoms with Crippen molar-refractivity contribution < 1.29 is 13.2 Å². The Bertz CT molecular complexity index is 563. The van der Waals surface area contributed by atoms with Crippen molar-refractivity contribution in [1.82, 2.24) is 4.72 Å². The van der Waals surface area contributed by atoms with Crippen LogP contribution in [0.1, 0.15) is 33.3 Å². The molecular formula is C15H25NO3S2. The molecule has 0 bridgehead atoms. The molecule has 1 rings (SSSR count). The topological polar surface area (TPSA) is 55.4 Å². The Kier molecular flexibility index (Phi) is 6.56. The van der Waals surface area contributed by atoms with Gasteiger partial charge in [0.15, 0.2) is 0 Å². The van der Waals surface area contributed by atoms with Crippen LogP contribution in [0.25, 0.3) is 0 Å². The van der Waals surface area contributed by atoms with Crippen LogP contribution in [-0.4, -0.2) is 32.6 Å². The molecule has 120 valence electrons. The molecule has 0 saturated carbocycles. The summed E-state index contributed by atoms with van der Waals surface area (Å²) in [6.45, 7) is 8.74. The van der Waals surface area contributed by atoms with E-state index in [2.05, 4.69) is 25.5 Å². The van der Waals surface area contributed by atoms with E-state index in [1.807, 2.05) is 6.92 Å². The highest BCUT2D eigenvalue weighted by Crippen LogP contribution is 2.24. The maximum atomic E-state index is 12.3. The summed E-state index contributed by atoms with van der Waals surface area (Å²) in [5.74, 6) is 1.47. The van der Waals surface area contributed by atoms with Crippen molar-refractivity contribution in [2.24, 2.45) is 0 Å². The van der Waals surface area contributed by atoms with Crippen molar-refractivity contribution in [2.75, 3.05) is 19.4 Å². The zero-order chi connectivity index (χ0) is 16.1. The molecule has 0 aliphatic heterocycles. The minimum Gasteiger partial charge on any atom is -0.496 e. The third-order valence-electron chi connectivity index (χ3n) is 2.87. The van der Waals surface area contributed by atoms with Crippen LogP contribution in [0.4, 0.5) is 0 Å². The summed E-state index contributed by atoms with van der Waals surface area (Å²) >= 11 is 1.74. The largest absolute Gasteiger partial charge is 0.496 e. The predicted molar refractivity (Wildman–Crippen MR) is 89.8 cm³/mol. The summed E-state index contributed by atoms with van der Waals surface area (Å²) in [5, 5.41) is 0. The number of methoxy groups -OCH3 is 1. The van der Waals surface area contributed by atoms with Gasteiger partial charge in [0.05, 0.1) is 12.0 Å². The molecule has 0 atom stereocenters. The first-order valence-corrected chi connectivity index (χ1v) is 9.47. The zero-order valence-corrected chi connectivity index (χ0v) is 15.0. The van der Waals surface area contributed by atoms with Gasteiger partial charge in [-0.25, -0.2) is 13.1 Å². The summed E-state index contributed by atoms with van der Waals surface area (Å²) in [5.41, 5.74) is 0.893. The summed E-state index contributed by atoms with van der Waals surface area (Å²) in [6, 6.07) is 4.96. The molecule has 0 fully saturated rings. The van der Waals surface area contributed by atoms with E-state index in [0.29, 0.717) is 11.4 Å². The molecule has 21 heavy (non-hydrogen) atoms. The lowest BCUT2D eigenvalue weighted by Gasteiger charge is -2.17. The van der Waals surface area contributed by atoms with Gasteiger partial charge >= 0.3 is 0 Å². The fourth-order valence-corrected chi connectivity index (χ4v) is 3.84. The Labute approximate surface area is 132 Å². The highest BCUT2D eigenvalue weighted by Gasteiger charge is 2.16. The molecule has 1 aromatic carbocycles. The maximum absolute atomic E-state index is 12.3. The Hall–Kier alpha value is -0.720. The highest BCUT2D eigenvalue weighted by atomic mass is 32.2. The molecule has 0 aliphatic rings. The molecule has 0 aromatic heterocycles. The molecule has 1 aromatic rings. The van der Waals surface area contributed by atoms with Crippen LogP contribution in [-0.2, 0) is 16.4 Å². The van der Waals surface area contributed by atoms with Crippen LogP contribution in [0.5, 0.6) is 5.75 Å². The second-order valence-electron chi connectivity index (χ2n) is 5.69. The second-order valence-corrected chi connectivity index (χ2v) is 9.37. The van der Waals surface area contributed by atoms with Crippen molar-refractivity contribution in [2.45, 2.75) is 43.8 Å². The van der Waals surface area contributed by atoms with Gasteiger partial charge in [-0.15, -0.1) is 0 Å². The van der Waals surface area contributed by atoms with Crippen molar-refractivity contribution in [3.05, 3.63) is 23.8 Å². The third kappa shape index (κ3) is 5.88. The maximum Gasteiger partial charge on any atom is 0.240 e. The first-order valence-electron chi connectivity index (χ1n) is 7.00. The van der Waals surface area contributed by atoms with Gasteiger partial charge in [0.1, 0.15) is 5.75 Å². The van der Waals surface area contributed by atoms with Gasteiger partial charge in [-0.1, -0.05) is 27.7 Å². The normalized spacial score (nSPS) is 12.4. The average Bonchev–Trinajstić information content (AvgIpc) is 2.41. The minimum atomic E-state index is -3.45. The Morgan fingerprint density at radius 2 is 1.95 bits per heavy atom. The minimum absolute atomic E-state index is 0.140. The number of rotatable bonds is 7. The molecular weight excluding hydrogens is 306 g/mol. The quantitative estimate of drug-likeness (QED) is 0.780. The van der Waals surface area contributed by atoms with E-state index in [1.165, 1.54) is 0 Å². The van der Waals surface area contributed by atoms with E-state index >= 15 is 0 Å². The number of nitrogens with one attached hydrogen (secondary N) is 1. The zero-order valence-electron chi connectivity index (χ0n) is 13.4. The van der Waals surface area contributed by atoms with Crippen LogP contribution >= 0.6 is 11.8 Å². The predicted octanol–water partition coefficient (Wildman–Crippen LogP) is 3.07. The van der Waals surface area contributed by atoms with E-state index in [9.17, 15) is 8.42 Å². The van der Waals surface area contributed by atoms with Crippen LogP contribution in [0.2, 0.25) is 0 Å². The summed E-state index contributed by atoms with van der Waals surface area (Å²) in [7, 11) is -1.87. The van der Waals surface area contributed by atoms with Crippen molar-refractivity contribution >= 4 is 21.8 Å². The monoisotopic (exact) mass is 331 g/mol. The van der Waals surface area contributed by atoms with E-state index in [4.69, 9.17) is 4.74 Å². The Balaban J connectivity index is 2.74. The van der Waals surface area contributed by atoms with Crippen molar-refractivity contribution in [1.29, 1.82) is 0 Å². The Morgan fingerprint density at radius 1 is 1.29 bits per heavy atom. The van der Waals surface area contributed by atoms with E-state index < -0.39 is 10.0 Å². The van der Waals surface area contributed by atoms with Gasteiger partial charge in [0.2, 0.25) is 10.0 Å². The number of hydrogen-bond acceptors (Lipinski definition) is 4. The van der Waals surface area contributed by atoms with Crippen LogP contribution in [0.3, 0.4) is 0 Å².